The van der Waals surface area contributed by atoms with Crippen molar-refractivity contribution in [3.63, 3.8) is 0 Å². The molecule has 0 aliphatic heterocycles. The van der Waals surface area contributed by atoms with Crippen LogP contribution in [-0.4, -0.2) is 15.9 Å². The molecule has 0 bridgehead atoms. The highest BCUT2D eigenvalue weighted by Crippen LogP contribution is 2.15. The molecule has 1 aromatic heterocycles. The molecule has 2 rings (SSSR count). The van der Waals surface area contributed by atoms with E-state index in [1.54, 1.807) is 19.1 Å². The first-order valence-electron chi connectivity index (χ1n) is 5.22. The Labute approximate surface area is 103 Å². The minimum absolute atomic E-state index is 0.0125. The Morgan fingerprint density at radius 1 is 1.33 bits per heavy atom. The molecule has 0 radical (unpaired) electrons. The molecule has 1 heterocycles. The van der Waals surface area contributed by atoms with E-state index in [2.05, 4.69) is 15.3 Å². The van der Waals surface area contributed by atoms with Crippen LogP contribution >= 0.6 is 0 Å². The van der Waals surface area contributed by atoms with Gasteiger partial charge in [0.15, 0.2) is 11.5 Å². The molecule has 18 heavy (non-hydrogen) atoms. The number of halogens is 1. The molecule has 92 valence electrons. The SMILES string of the molecule is Cc1ccc(NC(=O)c2nccnc2N)cc1F. The smallest absolute Gasteiger partial charge is 0.278 e. The summed E-state index contributed by atoms with van der Waals surface area (Å²) < 4.78 is 13.3. The van der Waals surface area contributed by atoms with E-state index in [1.807, 2.05) is 0 Å². The highest BCUT2D eigenvalue weighted by molar-refractivity contribution is 6.05. The van der Waals surface area contributed by atoms with Crippen LogP contribution in [0.3, 0.4) is 0 Å². The summed E-state index contributed by atoms with van der Waals surface area (Å²) in [4.78, 5) is 19.4. The number of carbonyl (C=O) groups is 1. The van der Waals surface area contributed by atoms with Gasteiger partial charge in [-0.2, -0.15) is 0 Å². The minimum Gasteiger partial charge on any atom is -0.382 e. The van der Waals surface area contributed by atoms with E-state index < -0.39 is 5.91 Å². The lowest BCUT2D eigenvalue weighted by atomic mass is 10.2. The van der Waals surface area contributed by atoms with Crippen LogP contribution < -0.4 is 11.1 Å². The summed E-state index contributed by atoms with van der Waals surface area (Å²) in [6, 6.07) is 4.41. The Morgan fingerprint density at radius 2 is 2.06 bits per heavy atom. The van der Waals surface area contributed by atoms with Gasteiger partial charge in [-0.3, -0.25) is 4.79 Å². The fourth-order valence-electron chi connectivity index (χ4n) is 1.38. The molecule has 3 N–H and O–H groups in total. The normalized spacial score (nSPS) is 10.1. The van der Waals surface area contributed by atoms with Crippen LogP contribution in [0.4, 0.5) is 15.9 Å². The van der Waals surface area contributed by atoms with Crippen LogP contribution in [0.1, 0.15) is 16.1 Å². The molecule has 0 spiro atoms. The van der Waals surface area contributed by atoms with Crippen molar-refractivity contribution in [2.24, 2.45) is 0 Å². The number of nitrogen functional groups attached to an aromatic ring is 1. The molecule has 2 aromatic rings. The predicted octanol–water partition coefficient (Wildman–Crippen LogP) is 1.76. The number of anilines is 2. The third kappa shape index (κ3) is 2.42. The van der Waals surface area contributed by atoms with Crippen LogP contribution in [0.15, 0.2) is 30.6 Å². The lowest BCUT2D eigenvalue weighted by Crippen LogP contribution is -2.16. The Bertz CT molecular complexity index is 600. The second kappa shape index (κ2) is 4.79. The summed E-state index contributed by atoms with van der Waals surface area (Å²) in [6.07, 6.45) is 2.75. The number of aryl methyl sites for hydroxylation is 1. The topological polar surface area (TPSA) is 80.9 Å². The van der Waals surface area contributed by atoms with Crippen molar-refractivity contribution in [1.29, 1.82) is 0 Å². The molecule has 6 heteroatoms. The first-order valence-corrected chi connectivity index (χ1v) is 5.22. The van der Waals surface area contributed by atoms with E-state index >= 15 is 0 Å². The fraction of sp³-hybridized carbons (Fsp3) is 0.0833. The number of aromatic nitrogens is 2. The number of nitrogens with two attached hydrogens (primary N) is 1. The van der Waals surface area contributed by atoms with E-state index in [-0.39, 0.29) is 17.3 Å². The minimum atomic E-state index is -0.524. The molecule has 0 saturated carbocycles. The lowest BCUT2D eigenvalue weighted by molar-refractivity contribution is 0.102. The summed E-state index contributed by atoms with van der Waals surface area (Å²) in [6.45, 7) is 1.64. The quantitative estimate of drug-likeness (QED) is 0.846. The van der Waals surface area contributed by atoms with Crippen molar-refractivity contribution in [1.82, 2.24) is 9.97 Å². The highest BCUT2D eigenvalue weighted by atomic mass is 19.1. The van der Waals surface area contributed by atoms with Crippen molar-refractivity contribution in [2.75, 3.05) is 11.1 Å². The van der Waals surface area contributed by atoms with Crippen LogP contribution in [0.2, 0.25) is 0 Å². The molecule has 1 amide bonds. The molecule has 5 nitrogen and oxygen atoms in total. The van der Waals surface area contributed by atoms with E-state index in [0.29, 0.717) is 11.3 Å². The number of rotatable bonds is 2. The van der Waals surface area contributed by atoms with Crippen LogP contribution in [-0.2, 0) is 0 Å². The van der Waals surface area contributed by atoms with Gasteiger partial charge in [0, 0.05) is 18.1 Å². The Hall–Kier alpha value is -2.50. The molecular weight excluding hydrogens is 235 g/mol. The van der Waals surface area contributed by atoms with Gasteiger partial charge >= 0.3 is 0 Å². The second-order valence-electron chi connectivity index (χ2n) is 3.71. The van der Waals surface area contributed by atoms with Gasteiger partial charge < -0.3 is 11.1 Å². The maximum atomic E-state index is 13.3. The number of amides is 1. The van der Waals surface area contributed by atoms with Crippen molar-refractivity contribution in [3.05, 3.63) is 47.7 Å². The monoisotopic (exact) mass is 246 g/mol. The number of carbonyl (C=O) groups excluding carboxylic acids is 1. The Balaban J connectivity index is 2.22. The molecule has 0 fully saturated rings. The van der Waals surface area contributed by atoms with Crippen LogP contribution in [0.5, 0.6) is 0 Å². The predicted molar refractivity (Wildman–Crippen MR) is 65.5 cm³/mol. The molecule has 0 aliphatic rings. The molecular formula is C12H11FN4O. The number of nitrogens with one attached hydrogen (secondary N) is 1. The van der Waals surface area contributed by atoms with Gasteiger partial charge in [0.25, 0.3) is 5.91 Å². The number of hydrogen-bond donors (Lipinski definition) is 2. The summed E-state index contributed by atoms with van der Waals surface area (Å²) >= 11 is 0. The van der Waals surface area contributed by atoms with Crippen molar-refractivity contribution < 1.29 is 9.18 Å². The average molecular weight is 246 g/mol. The second-order valence-corrected chi connectivity index (χ2v) is 3.71. The molecule has 0 saturated heterocycles. The molecule has 0 aliphatic carbocycles. The molecule has 0 unspecified atom stereocenters. The Morgan fingerprint density at radius 3 is 2.72 bits per heavy atom. The van der Waals surface area contributed by atoms with E-state index in [0.717, 1.165) is 0 Å². The van der Waals surface area contributed by atoms with Crippen molar-refractivity contribution in [2.45, 2.75) is 6.92 Å². The van der Waals surface area contributed by atoms with E-state index in [1.165, 1.54) is 18.5 Å². The van der Waals surface area contributed by atoms with Gasteiger partial charge in [-0.1, -0.05) is 6.07 Å². The number of hydrogen-bond acceptors (Lipinski definition) is 4. The first-order chi connectivity index (χ1) is 8.58. The van der Waals surface area contributed by atoms with Gasteiger partial charge in [-0.15, -0.1) is 0 Å². The van der Waals surface area contributed by atoms with Crippen LogP contribution in [0.25, 0.3) is 0 Å². The van der Waals surface area contributed by atoms with E-state index in [9.17, 15) is 9.18 Å². The molecule has 1 aromatic carbocycles. The zero-order valence-corrected chi connectivity index (χ0v) is 9.64. The van der Waals surface area contributed by atoms with Crippen molar-refractivity contribution in [3.8, 4) is 0 Å². The summed E-state index contributed by atoms with van der Waals surface area (Å²) in [5.41, 5.74) is 6.38. The van der Waals surface area contributed by atoms with Gasteiger partial charge in [0.1, 0.15) is 5.82 Å². The average Bonchev–Trinajstić information content (AvgIpc) is 2.34. The van der Waals surface area contributed by atoms with E-state index in [4.69, 9.17) is 5.73 Å². The zero-order valence-electron chi connectivity index (χ0n) is 9.64. The summed E-state index contributed by atoms with van der Waals surface area (Å²) in [5, 5.41) is 2.51. The Kier molecular flexibility index (Phi) is 3.18. The summed E-state index contributed by atoms with van der Waals surface area (Å²) in [7, 11) is 0. The first kappa shape index (κ1) is 12.0. The van der Waals surface area contributed by atoms with Gasteiger partial charge in [-0.05, 0) is 24.6 Å². The summed E-state index contributed by atoms with van der Waals surface area (Å²) in [5.74, 6) is -0.883. The van der Waals surface area contributed by atoms with Crippen molar-refractivity contribution >= 4 is 17.4 Å². The third-order valence-corrected chi connectivity index (χ3v) is 2.37. The molecule has 0 atom stereocenters. The maximum Gasteiger partial charge on any atom is 0.278 e. The van der Waals surface area contributed by atoms with Gasteiger partial charge in [-0.25, -0.2) is 14.4 Å². The van der Waals surface area contributed by atoms with Gasteiger partial charge in [0.2, 0.25) is 0 Å². The maximum absolute atomic E-state index is 13.3. The third-order valence-electron chi connectivity index (χ3n) is 2.37. The number of nitrogens with zero attached hydrogens (tertiary/aromatic N) is 2. The van der Waals surface area contributed by atoms with Crippen LogP contribution in [0, 0.1) is 12.7 Å². The number of benzene rings is 1. The fourth-order valence-corrected chi connectivity index (χ4v) is 1.38. The lowest BCUT2D eigenvalue weighted by Gasteiger charge is -2.06. The zero-order chi connectivity index (χ0) is 13.1. The van der Waals surface area contributed by atoms with Gasteiger partial charge in [0.05, 0.1) is 0 Å². The largest absolute Gasteiger partial charge is 0.382 e. The standard InChI is InChI=1S/C12H11FN4O/c1-7-2-3-8(6-9(7)13)17-12(18)10-11(14)16-5-4-15-10/h2-6H,1H3,(H2,14,16)(H,17,18). The highest BCUT2D eigenvalue weighted by Gasteiger charge is 2.12.